The van der Waals surface area contributed by atoms with Crippen molar-refractivity contribution >= 4 is 23.3 Å². The molecule has 112 valence electrons. The van der Waals surface area contributed by atoms with Crippen LogP contribution in [0.3, 0.4) is 0 Å². The largest absolute Gasteiger partial charge is 0.482 e. The van der Waals surface area contributed by atoms with Crippen LogP contribution in [0.5, 0.6) is 5.75 Å². The Morgan fingerprint density at radius 1 is 1.52 bits per heavy atom. The number of rotatable bonds is 4. The SMILES string of the molecule is CC(C)(CN1C(=O)COc2ccc([N+](=O)[O-])cc21)C(=O)O. The maximum atomic E-state index is 12.0. The van der Waals surface area contributed by atoms with Crippen LogP contribution in [0.15, 0.2) is 18.2 Å². The molecular formula is C13H14N2O6. The molecule has 2 rings (SSSR count). The number of carbonyl (C=O) groups is 2. The predicted molar refractivity (Wildman–Crippen MR) is 72.4 cm³/mol. The zero-order chi connectivity index (χ0) is 15.8. The number of fused-ring (bicyclic) bond motifs is 1. The fourth-order valence-electron chi connectivity index (χ4n) is 1.94. The first-order chi connectivity index (χ1) is 9.72. The molecular weight excluding hydrogens is 280 g/mol. The molecule has 0 unspecified atom stereocenters. The van der Waals surface area contributed by atoms with Crippen molar-refractivity contribution in [1.82, 2.24) is 0 Å². The summed E-state index contributed by atoms with van der Waals surface area (Å²) in [4.78, 5) is 34.7. The second kappa shape index (κ2) is 5.04. The maximum absolute atomic E-state index is 12.0. The first kappa shape index (κ1) is 14.8. The van der Waals surface area contributed by atoms with Gasteiger partial charge in [0.2, 0.25) is 0 Å². The van der Waals surface area contributed by atoms with Gasteiger partial charge in [-0.25, -0.2) is 0 Å². The van der Waals surface area contributed by atoms with Gasteiger partial charge in [0, 0.05) is 18.7 Å². The zero-order valence-corrected chi connectivity index (χ0v) is 11.5. The van der Waals surface area contributed by atoms with Crippen LogP contribution in [0, 0.1) is 15.5 Å². The fourth-order valence-corrected chi connectivity index (χ4v) is 1.94. The van der Waals surface area contributed by atoms with E-state index in [0.717, 1.165) is 0 Å². The van der Waals surface area contributed by atoms with Gasteiger partial charge < -0.3 is 14.7 Å². The number of hydrogen-bond acceptors (Lipinski definition) is 5. The standard InChI is InChI=1S/C13H14N2O6/c1-13(2,12(17)18)7-14-9-5-8(15(19)20)3-4-10(9)21-6-11(14)16/h3-5H,6-7H2,1-2H3,(H,17,18). The van der Waals surface area contributed by atoms with Gasteiger partial charge in [-0.3, -0.25) is 19.7 Å². The number of carboxylic acid groups (broad SMARTS) is 1. The van der Waals surface area contributed by atoms with Crippen LogP contribution < -0.4 is 9.64 Å². The summed E-state index contributed by atoms with van der Waals surface area (Å²) in [6, 6.07) is 3.89. The molecule has 0 bridgehead atoms. The summed E-state index contributed by atoms with van der Waals surface area (Å²) in [5.41, 5.74) is -1.16. The van der Waals surface area contributed by atoms with Crippen LogP contribution in [-0.2, 0) is 9.59 Å². The number of amides is 1. The van der Waals surface area contributed by atoms with E-state index in [4.69, 9.17) is 4.74 Å². The minimum absolute atomic E-state index is 0.0985. The minimum atomic E-state index is -1.19. The van der Waals surface area contributed by atoms with Crippen LogP contribution >= 0.6 is 0 Å². The molecule has 0 spiro atoms. The van der Waals surface area contributed by atoms with Crippen molar-refractivity contribution in [2.24, 2.45) is 5.41 Å². The van der Waals surface area contributed by atoms with Gasteiger partial charge in [-0.1, -0.05) is 0 Å². The first-order valence-corrected chi connectivity index (χ1v) is 6.17. The molecule has 1 heterocycles. The van der Waals surface area contributed by atoms with Crippen molar-refractivity contribution in [2.45, 2.75) is 13.8 Å². The van der Waals surface area contributed by atoms with E-state index >= 15 is 0 Å². The van der Waals surface area contributed by atoms with Crippen LogP contribution in [0.25, 0.3) is 0 Å². The molecule has 0 aromatic heterocycles. The number of nitro groups is 1. The minimum Gasteiger partial charge on any atom is -0.482 e. The topological polar surface area (TPSA) is 110 Å². The number of nitrogens with zero attached hydrogens (tertiary/aromatic N) is 2. The lowest BCUT2D eigenvalue weighted by Crippen LogP contribution is -2.46. The third kappa shape index (κ3) is 2.78. The van der Waals surface area contributed by atoms with E-state index in [0.29, 0.717) is 5.75 Å². The van der Waals surface area contributed by atoms with Gasteiger partial charge in [0.05, 0.1) is 16.0 Å². The molecule has 0 radical (unpaired) electrons. The molecule has 1 aliphatic rings. The van der Waals surface area contributed by atoms with Gasteiger partial charge in [-0.2, -0.15) is 0 Å². The number of ether oxygens (including phenoxy) is 1. The molecule has 8 nitrogen and oxygen atoms in total. The number of nitro benzene ring substituents is 1. The van der Waals surface area contributed by atoms with Gasteiger partial charge in [0.15, 0.2) is 6.61 Å². The van der Waals surface area contributed by atoms with E-state index in [1.165, 1.54) is 36.9 Å². The van der Waals surface area contributed by atoms with Gasteiger partial charge in [0.1, 0.15) is 5.75 Å². The Hall–Kier alpha value is -2.64. The highest BCUT2D eigenvalue weighted by molar-refractivity contribution is 5.99. The number of carbonyl (C=O) groups excluding carboxylic acids is 1. The number of hydrogen-bond donors (Lipinski definition) is 1. The summed E-state index contributed by atoms with van der Waals surface area (Å²) in [6.07, 6.45) is 0. The average molecular weight is 294 g/mol. The first-order valence-electron chi connectivity index (χ1n) is 6.17. The van der Waals surface area contributed by atoms with E-state index in [9.17, 15) is 24.8 Å². The highest BCUT2D eigenvalue weighted by Gasteiger charge is 2.36. The number of benzene rings is 1. The van der Waals surface area contributed by atoms with Crippen molar-refractivity contribution in [3.63, 3.8) is 0 Å². The molecule has 8 heteroatoms. The molecule has 1 aromatic carbocycles. The number of non-ortho nitro benzene ring substituents is 1. The Balaban J connectivity index is 2.44. The molecule has 0 atom stereocenters. The third-order valence-electron chi connectivity index (χ3n) is 3.23. The smallest absolute Gasteiger partial charge is 0.310 e. The zero-order valence-electron chi connectivity index (χ0n) is 11.5. The molecule has 0 saturated heterocycles. The molecule has 0 fully saturated rings. The molecule has 1 amide bonds. The van der Waals surface area contributed by atoms with E-state index in [1.807, 2.05) is 0 Å². The van der Waals surface area contributed by atoms with Crippen molar-refractivity contribution < 1.29 is 24.4 Å². The average Bonchev–Trinajstić information content (AvgIpc) is 2.41. The third-order valence-corrected chi connectivity index (χ3v) is 3.23. The summed E-state index contributed by atoms with van der Waals surface area (Å²) in [7, 11) is 0. The van der Waals surface area contributed by atoms with Gasteiger partial charge in [0.25, 0.3) is 11.6 Å². The number of aliphatic carboxylic acids is 1. The Morgan fingerprint density at radius 3 is 2.76 bits per heavy atom. The van der Waals surface area contributed by atoms with Crippen LogP contribution in [0.1, 0.15) is 13.8 Å². The van der Waals surface area contributed by atoms with Gasteiger partial charge in [-0.15, -0.1) is 0 Å². The lowest BCUT2D eigenvalue weighted by molar-refractivity contribution is -0.384. The Labute approximate surface area is 120 Å². The van der Waals surface area contributed by atoms with Crippen molar-refractivity contribution in [3.8, 4) is 5.75 Å². The summed E-state index contributed by atoms with van der Waals surface area (Å²) < 4.78 is 5.21. The van der Waals surface area contributed by atoms with Crippen molar-refractivity contribution in [2.75, 3.05) is 18.1 Å². The molecule has 0 aliphatic carbocycles. The van der Waals surface area contributed by atoms with Crippen molar-refractivity contribution in [1.29, 1.82) is 0 Å². The van der Waals surface area contributed by atoms with E-state index in [1.54, 1.807) is 0 Å². The lowest BCUT2D eigenvalue weighted by atomic mass is 9.92. The summed E-state index contributed by atoms with van der Waals surface area (Å²) in [5.74, 6) is -1.17. The summed E-state index contributed by atoms with van der Waals surface area (Å²) in [6.45, 7) is 2.64. The highest BCUT2D eigenvalue weighted by Crippen LogP contribution is 2.36. The molecule has 21 heavy (non-hydrogen) atoms. The number of carboxylic acids is 1. The highest BCUT2D eigenvalue weighted by atomic mass is 16.6. The summed E-state index contributed by atoms with van der Waals surface area (Å²) >= 11 is 0. The van der Waals surface area contributed by atoms with Gasteiger partial charge in [-0.05, 0) is 19.9 Å². The Morgan fingerprint density at radius 2 is 2.19 bits per heavy atom. The fraction of sp³-hybridized carbons (Fsp3) is 0.385. The Kier molecular flexibility index (Phi) is 3.54. The normalized spacial score (nSPS) is 14.4. The summed E-state index contributed by atoms with van der Waals surface area (Å²) in [5, 5.41) is 20.0. The van der Waals surface area contributed by atoms with E-state index in [-0.39, 0.29) is 24.5 Å². The lowest BCUT2D eigenvalue weighted by Gasteiger charge is -2.33. The van der Waals surface area contributed by atoms with Crippen LogP contribution in [-0.4, -0.2) is 35.1 Å². The van der Waals surface area contributed by atoms with Gasteiger partial charge >= 0.3 is 5.97 Å². The van der Waals surface area contributed by atoms with E-state index < -0.39 is 22.2 Å². The maximum Gasteiger partial charge on any atom is 0.310 e. The number of anilines is 1. The molecule has 1 aliphatic heterocycles. The van der Waals surface area contributed by atoms with Crippen LogP contribution in [0.4, 0.5) is 11.4 Å². The Bertz CT molecular complexity index is 625. The molecule has 1 N–H and O–H groups in total. The predicted octanol–water partition coefficient (Wildman–Crippen LogP) is 1.43. The second-order valence-corrected chi connectivity index (χ2v) is 5.37. The molecule has 1 aromatic rings. The quantitative estimate of drug-likeness (QED) is 0.664. The monoisotopic (exact) mass is 294 g/mol. The van der Waals surface area contributed by atoms with Crippen LogP contribution in [0.2, 0.25) is 0 Å². The second-order valence-electron chi connectivity index (χ2n) is 5.37. The molecule has 0 saturated carbocycles. The van der Waals surface area contributed by atoms with E-state index in [2.05, 4.69) is 0 Å². The van der Waals surface area contributed by atoms with Crippen molar-refractivity contribution in [3.05, 3.63) is 28.3 Å².